The Hall–Kier alpha value is -1.06. The molecule has 0 N–H and O–H groups in total. The van der Waals surface area contributed by atoms with E-state index in [1.165, 1.54) is 263 Å². The second kappa shape index (κ2) is 50.6. The molecule has 0 spiro atoms. The van der Waals surface area contributed by atoms with Gasteiger partial charge in [-0.25, -0.2) is 19.4 Å². The van der Waals surface area contributed by atoms with Crippen LogP contribution < -0.4 is 0 Å². The molecular formula is C56H110O4. The zero-order chi connectivity index (χ0) is 43.7. The van der Waals surface area contributed by atoms with E-state index in [-0.39, 0.29) is 17.9 Å². The Morgan fingerprint density at radius 1 is 0.283 bits per heavy atom. The fourth-order valence-corrected chi connectivity index (χ4v) is 9.39. The van der Waals surface area contributed by atoms with E-state index in [1.807, 2.05) is 0 Å². The summed E-state index contributed by atoms with van der Waals surface area (Å²) >= 11 is 0. The van der Waals surface area contributed by atoms with E-state index < -0.39 is 0 Å². The van der Waals surface area contributed by atoms with Gasteiger partial charge in [-0.05, 0) is 31.6 Å². The van der Waals surface area contributed by atoms with Crippen LogP contribution in [0.25, 0.3) is 0 Å². The van der Waals surface area contributed by atoms with Crippen LogP contribution in [-0.2, 0) is 19.4 Å². The third-order valence-corrected chi connectivity index (χ3v) is 13.5. The summed E-state index contributed by atoms with van der Waals surface area (Å²) in [5.41, 5.74) is 0. The van der Waals surface area contributed by atoms with E-state index in [4.69, 9.17) is 9.78 Å². The minimum Gasteiger partial charge on any atom is -0.247 e. The quantitative estimate of drug-likeness (QED) is 0.0348. The van der Waals surface area contributed by atoms with E-state index in [2.05, 4.69) is 27.7 Å². The van der Waals surface area contributed by atoms with Crippen molar-refractivity contribution in [2.75, 3.05) is 0 Å². The van der Waals surface area contributed by atoms with E-state index in [1.54, 1.807) is 0 Å². The van der Waals surface area contributed by atoms with E-state index >= 15 is 0 Å². The van der Waals surface area contributed by atoms with Gasteiger partial charge in [0.05, 0.1) is 12.3 Å². The van der Waals surface area contributed by atoms with Crippen molar-refractivity contribution in [1.82, 2.24) is 0 Å². The molecule has 0 fully saturated rings. The van der Waals surface area contributed by atoms with Crippen LogP contribution in [0.1, 0.15) is 336 Å². The van der Waals surface area contributed by atoms with E-state index in [9.17, 15) is 9.59 Å². The number of carbonyl (C=O) groups is 2. The van der Waals surface area contributed by atoms with Crippen LogP contribution in [-0.4, -0.2) is 11.9 Å². The smallest absolute Gasteiger partial charge is 0.247 e. The Balaban J connectivity index is 4.83. The Morgan fingerprint density at radius 3 is 0.800 bits per heavy atom. The number of rotatable bonds is 50. The maximum Gasteiger partial charge on any atom is 0.358 e. The highest BCUT2D eigenvalue weighted by Gasteiger charge is 2.30. The zero-order valence-corrected chi connectivity index (χ0v) is 41.7. The lowest BCUT2D eigenvalue weighted by Gasteiger charge is -2.25. The molecule has 2 unspecified atom stereocenters. The molecule has 0 heterocycles. The van der Waals surface area contributed by atoms with Crippen molar-refractivity contribution >= 4 is 11.9 Å². The highest BCUT2D eigenvalue weighted by Crippen LogP contribution is 2.31. The summed E-state index contributed by atoms with van der Waals surface area (Å²) < 4.78 is 0. The molecule has 0 saturated carbocycles. The van der Waals surface area contributed by atoms with Crippen LogP contribution in [0.3, 0.4) is 0 Å². The van der Waals surface area contributed by atoms with Crippen molar-refractivity contribution in [3.05, 3.63) is 0 Å². The highest BCUT2D eigenvalue weighted by molar-refractivity contribution is 5.74. The minimum absolute atomic E-state index is 0.161. The predicted molar refractivity (Wildman–Crippen MR) is 263 cm³/mol. The second-order valence-corrected chi connectivity index (χ2v) is 19.5. The van der Waals surface area contributed by atoms with Crippen LogP contribution >= 0.6 is 0 Å². The van der Waals surface area contributed by atoms with Crippen molar-refractivity contribution in [2.24, 2.45) is 11.8 Å². The largest absolute Gasteiger partial charge is 0.358 e. The number of unbranched alkanes of at least 4 members (excludes halogenated alkanes) is 40. The molecule has 0 aromatic rings. The van der Waals surface area contributed by atoms with Crippen molar-refractivity contribution in [3.8, 4) is 0 Å². The maximum atomic E-state index is 13.8. The van der Waals surface area contributed by atoms with Crippen LogP contribution in [0, 0.1) is 11.8 Å². The predicted octanol–water partition coefficient (Wildman–Crippen LogP) is 20.0. The first kappa shape index (κ1) is 58.9. The summed E-state index contributed by atoms with van der Waals surface area (Å²) in [6.45, 7) is 9.15. The summed E-state index contributed by atoms with van der Waals surface area (Å²) in [6, 6.07) is 0. The molecule has 0 aromatic carbocycles. The van der Waals surface area contributed by atoms with Crippen molar-refractivity contribution in [2.45, 2.75) is 336 Å². The topological polar surface area (TPSA) is 52.6 Å². The third kappa shape index (κ3) is 43.6. The monoisotopic (exact) mass is 847 g/mol. The lowest BCUT2D eigenvalue weighted by molar-refractivity contribution is -0.263. The summed E-state index contributed by atoms with van der Waals surface area (Å²) in [5, 5.41) is 0. The molecular weight excluding hydrogens is 737 g/mol. The molecule has 2 atom stereocenters. The Labute approximate surface area is 377 Å². The number of hydrogen-bond acceptors (Lipinski definition) is 4. The average molecular weight is 847 g/mol. The molecule has 358 valence electrons. The number of carbonyl (C=O) groups excluding carboxylic acids is 2. The zero-order valence-electron chi connectivity index (χ0n) is 41.7. The summed E-state index contributed by atoms with van der Waals surface area (Å²) in [4.78, 5) is 37.2. The molecule has 4 nitrogen and oxygen atoms in total. The molecule has 4 heteroatoms. The summed E-state index contributed by atoms with van der Waals surface area (Å²) in [5.74, 6) is -0.490. The molecule has 60 heavy (non-hydrogen) atoms. The molecule has 0 aliphatic heterocycles. The molecule has 0 aromatic heterocycles. The van der Waals surface area contributed by atoms with Gasteiger partial charge in [0.15, 0.2) is 0 Å². The first-order valence-corrected chi connectivity index (χ1v) is 28.0. The van der Waals surface area contributed by atoms with Crippen LogP contribution in [0.4, 0.5) is 0 Å². The third-order valence-electron chi connectivity index (χ3n) is 13.5. The Morgan fingerprint density at radius 2 is 0.517 bits per heavy atom. The maximum absolute atomic E-state index is 13.8. The van der Waals surface area contributed by atoms with Crippen molar-refractivity contribution in [1.29, 1.82) is 0 Å². The first-order chi connectivity index (χ1) is 29.6. The molecule has 0 bridgehead atoms. The number of hydrogen-bond donors (Lipinski definition) is 0. The van der Waals surface area contributed by atoms with E-state index in [0.717, 1.165) is 38.5 Å². The average Bonchev–Trinajstić information content (AvgIpc) is 3.25. The molecule has 0 radical (unpaired) electrons. The highest BCUT2D eigenvalue weighted by atomic mass is 17.2. The van der Waals surface area contributed by atoms with Gasteiger partial charge in [0.1, 0.15) is 0 Å². The Bertz CT molecular complexity index is 841. The fraction of sp³-hybridized carbons (Fsp3) is 0.964. The fourth-order valence-electron chi connectivity index (χ4n) is 9.39. The molecule has 0 rings (SSSR count). The summed E-state index contributed by atoms with van der Waals surface area (Å²) in [7, 11) is 0. The van der Waals surface area contributed by atoms with E-state index in [0.29, 0.717) is 12.3 Å². The van der Waals surface area contributed by atoms with Crippen LogP contribution in [0.2, 0.25) is 0 Å². The van der Waals surface area contributed by atoms with Crippen molar-refractivity contribution < 1.29 is 19.4 Å². The molecule has 0 aliphatic carbocycles. The van der Waals surface area contributed by atoms with Gasteiger partial charge in [-0.1, -0.05) is 304 Å². The van der Waals surface area contributed by atoms with Crippen molar-refractivity contribution in [3.63, 3.8) is 0 Å². The van der Waals surface area contributed by atoms with Gasteiger partial charge >= 0.3 is 11.9 Å². The molecule has 0 amide bonds. The second-order valence-electron chi connectivity index (χ2n) is 19.5. The van der Waals surface area contributed by atoms with Gasteiger partial charge in [0.25, 0.3) is 0 Å². The first-order valence-electron chi connectivity index (χ1n) is 28.0. The van der Waals surface area contributed by atoms with Crippen LogP contribution in [0.15, 0.2) is 0 Å². The SMILES string of the molecule is CCCCCCCCCCCCCCCCCC(=O)OOC(=O)C(CCCCCCCCCCCCCCCC)C(CCCCCCCC)CCCCCCCCCCC. The molecule has 0 aliphatic rings. The normalized spacial score (nSPS) is 12.5. The minimum atomic E-state index is -0.375. The van der Waals surface area contributed by atoms with Crippen LogP contribution in [0.5, 0.6) is 0 Å². The van der Waals surface area contributed by atoms with Gasteiger partial charge in [-0.2, -0.15) is 0 Å². The van der Waals surface area contributed by atoms with Gasteiger partial charge in [-0.15, -0.1) is 0 Å². The summed E-state index contributed by atoms with van der Waals surface area (Å²) in [6.07, 6.45) is 61.1. The Kier molecular flexibility index (Phi) is 49.7. The molecule has 0 saturated heterocycles. The standard InChI is InChI=1S/C56H110O4/c1-5-9-13-17-21-24-26-28-30-32-34-37-40-44-48-52-55(57)59-60-56(58)54(51-47-43-39-36-33-31-29-27-25-22-18-14-10-6-2)53(49-45-41-20-16-12-8-4)50-46-42-38-35-23-19-15-11-7-3/h53-54H,5-52H2,1-4H3. The van der Waals surface area contributed by atoms with Gasteiger partial charge < -0.3 is 0 Å². The van der Waals surface area contributed by atoms with Gasteiger partial charge in [0, 0.05) is 0 Å². The van der Waals surface area contributed by atoms with Gasteiger partial charge in [0.2, 0.25) is 0 Å². The van der Waals surface area contributed by atoms with Gasteiger partial charge in [-0.3, -0.25) is 0 Å². The lowest BCUT2D eigenvalue weighted by atomic mass is 9.80. The lowest BCUT2D eigenvalue weighted by Crippen LogP contribution is -2.27.